The number of halogens is 3. The van der Waals surface area contributed by atoms with Crippen LogP contribution in [0.5, 0.6) is 0 Å². The standard InChI is InChI=1S/C22H17F3N4O2/c1-13(11-30)29-12-27-20-17(21(29)31)9-18(28-19(20)15-3-2-8-26-10-15)14-4-6-16(7-5-14)22(23,24)25/h2-10,12-13,30H,11H2,1H3/t13-/m0/s1. The highest BCUT2D eigenvalue weighted by Crippen LogP contribution is 2.32. The minimum Gasteiger partial charge on any atom is -0.394 e. The van der Waals surface area contributed by atoms with E-state index in [4.69, 9.17) is 0 Å². The summed E-state index contributed by atoms with van der Waals surface area (Å²) in [7, 11) is 0. The Labute approximate surface area is 174 Å². The quantitative estimate of drug-likeness (QED) is 0.532. The maximum Gasteiger partial charge on any atom is 0.416 e. The van der Waals surface area contributed by atoms with E-state index in [1.807, 2.05) is 0 Å². The molecule has 0 bridgehead atoms. The predicted octanol–water partition coefficient (Wildman–Crippen LogP) is 4.09. The van der Waals surface area contributed by atoms with Crippen molar-refractivity contribution in [2.75, 3.05) is 6.61 Å². The molecule has 0 aliphatic heterocycles. The van der Waals surface area contributed by atoms with Gasteiger partial charge in [-0.15, -0.1) is 0 Å². The molecule has 0 saturated heterocycles. The van der Waals surface area contributed by atoms with Gasteiger partial charge >= 0.3 is 6.18 Å². The molecule has 158 valence electrons. The molecule has 0 unspecified atom stereocenters. The topological polar surface area (TPSA) is 80.9 Å². The molecule has 31 heavy (non-hydrogen) atoms. The number of benzene rings is 1. The molecule has 1 N–H and O–H groups in total. The van der Waals surface area contributed by atoms with Crippen LogP contribution in [0.25, 0.3) is 33.4 Å². The molecule has 1 aromatic carbocycles. The summed E-state index contributed by atoms with van der Waals surface area (Å²) in [6.45, 7) is 1.42. The van der Waals surface area contributed by atoms with Crippen molar-refractivity contribution in [3.63, 3.8) is 0 Å². The summed E-state index contributed by atoms with van der Waals surface area (Å²) in [5, 5.41) is 9.68. The maximum absolute atomic E-state index is 13.1. The van der Waals surface area contributed by atoms with E-state index < -0.39 is 17.8 Å². The number of hydrogen-bond acceptors (Lipinski definition) is 5. The Balaban J connectivity index is 1.98. The van der Waals surface area contributed by atoms with Crippen LogP contribution >= 0.6 is 0 Å². The molecular formula is C22H17F3N4O2. The van der Waals surface area contributed by atoms with Gasteiger partial charge < -0.3 is 5.11 Å². The number of aromatic nitrogens is 4. The third kappa shape index (κ3) is 3.91. The first-order chi connectivity index (χ1) is 14.8. The molecule has 4 rings (SSSR count). The molecule has 9 heteroatoms. The lowest BCUT2D eigenvalue weighted by atomic mass is 10.0. The fraction of sp³-hybridized carbons (Fsp3) is 0.182. The Morgan fingerprint density at radius 2 is 1.87 bits per heavy atom. The van der Waals surface area contributed by atoms with Gasteiger partial charge in [-0.3, -0.25) is 14.3 Å². The minimum atomic E-state index is -4.45. The number of aliphatic hydroxyl groups is 1. The van der Waals surface area contributed by atoms with Crippen LogP contribution in [0, 0.1) is 0 Å². The van der Waals surface area contributed by atoms with Crippen LogP contribution in [0.2, 0.25) is 0 Å². The van der Waals surface area contributed by atoms with Crippen molar-refractivity contribution < 1.29 is 18.3 Å². The first-order valence-electron chi connectivity index (χ1n) is 9.40. The first-order valence-corrected chi connectivity index (χ1v) is 9.40. The van der Waals surface area contributed by atoms with E-state index in [1.54, 1.807) is 31.5 Å². The SMILES string of the molecule is C[C@@H](CO)n1cnc2c(-c3cccnc3)nc(-c3ccc(C(F)(F)F)cc3)cc2c1=O. The van der Waals surface area contributed by atoms with Crippen molar-refractivity contribution in [1.29, 1.82) is 0 Å². The van der Waals surface area contributed by atoms with Crippen molar-refractivity contribution in [1.82, 2.24) is 19.5 Å². The number of pyridine rings is 2. The second kappa shape index (κ2) is 7.92. The highest BCUT2D eigenvalue weighted by Gasteiger charge is 2.30. The van der Waals surface area contributed by atoms with Crippen LogP contribution in [0.1, 0.15) is 18.5 Å². The van der Waals surface area contributed by atoms with Gasteiger partial charge in [0.25, 0.3) is 5.56 Å². The molecule has 0 amide bonds. The summed E-state index contributed by atoms with van der Waals surface area (Å²) in [5.41, 5.74) is 0.938. The average Bonchev–Trinajstić information content (AvgIpc) is 2.78. The highest BCUT2D eigenvalue weighted by molar-refractivity contribution is 5.93. The van der Waals surface area contributed by atoms with Crippen molar-refractivity contribution in [2.24, 2.45) is 0 Å². The number of rotatable bonds is 4. The van der Waals surface area contributed by atoms with E-state index in [2.05, 4.69) is 15.0 Å². The number of hydrogen-bond donors (Lipinski definition) is 1. The van der Waals surface area contributed by atoms with Crippen molar-refractivity contribution in [3.05, 3.63) is 77.1 Å². The third-order valence-electron chi connectivity index (χ3n) is 4.95. The minimum absolute atomic E-state index is 0.242. The van der Waals surface area contributed by atoms with Gasteiger partial charge in [-0.1, -0.05) is 12.1 Å². The molecule has 3 heterocycles. The van der Waals surface area contributed by atoms with Crippen molar-refractivity contribution >= 4 is 10.9 Å². The molecule has 3 aromatic heterocycles. The van der Waals surface area contributed by atoms with Gasteiger partial charge in [-0.05, 0) is 37.3 Å². The normalized spacial score (nSPS) is 12.8. The second-order valence-corrected chi connectivity index (χ2v) is 7.06. The lowest BCUT2D eigenvalue weighted by molar-refractivity contribution is -0.137. The Morgan fingerprint density at radius 1 is 1.13 bits per heavy atom. The molecule has 0 fully saturated rings. The van der Waals surface area contributed by atoms with E-state index in [0.29, 0.717) is 28.0 Å². The smallest absolute Gasteiger partial charge is 0.394 e. The predicted molar refractivity (Wildman–Crippen MR) is 109 cm³/mol. The molecule has 0 saturated carbocycles. The van der Waals surface area contributed by atoms with Crippen LogP contribution in [-0.4, -0.2) is 31.2 Å². The van der Waals surface area contributed by atoms with Crippen LogP contribution < -0.4 is 5.56 Å². The zero-order valence-corrected chi connectivity index (χ0v) is 16.3. The van der Waals surface area contributed by atoms with E-state index in [-0.39, 0.29) is 17.6 Å². The zero-order valence-electron chi connectivity index (χ0n) is 16.3. The number of aliphatic hydroxyl groups excluding tert-OH is 1. The van der Waals surface area contributed by atoms with Gasteiger partial charge in [-0.2, -0.15) is 13.2 Å². The average molecular weight is 426 g/mol. The molecule has 6 nitrogen and oxygen atoms in total. The Hall–Kier alpha value is -3.59. The summed E-state index contributed by atoms with van der Waals surface area (Å²) in [6.07, 6.45) is 0.0653. The summed E-state index contributed by atoms with van der Waals surface area (Å²) in [4.78, 5) is 26.2. The second-order valence-electron chi connectivity index (χ2n) is 7.06. The van der Waals surface area contributed by atoms with E-state index >= 15 is 0 Å². The Morgan fingerprint density at radius 3 is 2.48 bits per heavy atom. The third-order valence-corrected chi connectivity index (χ3v) is 4.95. The maximum atomic E-state index is 13.1. The van der Waals surface area contributed by atoms with Gasteiger partial charge in [0.2, 0.25) is 0 Å². The molecule has 0 aliphatic carbocycles. The monoisotopic (exact) mass is 426 g/mol. The fourth-order valence-electron chi connectivity index (χ4n) is 3.23. The zero-order chi connectivity index (χ0) is 22.2. The molecule has 1 atom stereocenters. The Bertz CT molecular complexity index is 1290. The number of alkyl halides is 3. The van der Waals surface area contributed by atoms with Gasteiger partial charge in [-0.25, -0.2) is 9.97 Å². The van der Waals surface area contributed by atoms with Crippen molar-refractivity contribution in [2.45, 2.75) is 19.1 Å². The summed E-state index contributed by atoms with van der Waals surface area (Å²) >= 11 is 0. The van der Waals surface area contributed by atoms with E-state index in [0.717, 1.165) is 12.1 Å². The van der Waals surface area contributed by atoms with Gasteiger partial charge in [0.1, 0.15) is 5.52 Å². The van der Waals surface area contributed by atoms with Crippen LogP contribution in [0.4, 0.5) is 13.2 Å². The van der Waals surface area contributed by atoms with E-state index in [1.165, 1.54) is 29.1 Å². The molecule has 0 aliphatic rings. The highest BCUT2D eigenvalue weighted by atomic mass is 19.4. The molecule has 4 aromatic rings. The fourth-order valence-corrected chi connectivity index (χ4v) is 3.23. The van der Waals surface area contributed by atoms with Gasteiger partial charge in [0, 0.05) is 23.5 Å². The van der Waals surface area contributed by atoms with Crippen molar-refractivity contribution in [3.8, 4) is 22.5 Å². The number of fused-ring (bicyclic) bond motifs is 1. The first kappa shape index (κ1) is 20.7. The molecular weight excluding hydrogens is 409 g/mol. The summed E-state index contributed by atoms with van der Waals surface area (Å²) in [6, 6.07) is 9.06. The summed E-state index contributed by atoms with van der Waals surface area (Å²) < 4.78 is 40.1. The van der Waals surface area contributed by atoms with Crippen LogP contribution in [0.15, 0.2) is 66.0 Å². The number of nitrogens with zero attached hydrogens (tertiary/aromatic N) is 4. The van der Waals surface area contributed by atoms with Gasteiger partial charge in [0.05, 0.1) is 41.3 Å². The Kier molecular flexibility index (Phi) is 5.28. The lowest BCUT2D eigenvalue weighted by Gasteiger charge is -2.14. The van der Waals surface area contributed by atoms with Crippen LogP contribution in [0.3, 0.4) is 0 Å². The van der Waals surface area contributed by atoms with Crippen LogP contribution in [-0.2, 0) is 6.18 Å². The van der Waals surface area contributed by atoms with Gasteiger partial charge in [0.15, 0.2) is 0 Å². The molecule has 0 spiro atoms. The summed E-state index contributed by atoms with van der Waals surface area (Å²) in [5.74, 6) is 0. The van der Waals surface area contributed by atoms with E-state index in [9.17, 15) is 23.1 Å². The lowest BCUT2D eigenvalue weighted by Crippen LogP contribution is -2.25. The molecule has 0 radical (unpaired) electrons. The largest absolute Gasteiger partial charge is 0.416 e.